The SMILES string of the molecule is NC(=O)C[NH2+][C@H](COCc1cc(C(F)(F)F)cc(C(F)(F)F)c1)c1ccccc1.O=C([O-])C(=O)O. The summed E-state index contributed by atoms with van der Waals surface area (Å²) in [6, 6.07) is 9.71. The number of carboxylic acid groups (broad SMARTS) is 2. The molecule has 0 aliphatic rings. The van der Waals surface area contributed by atoms with E-state index in [4.69, 9.17) is 30.3 Å². The molecule has 0 saturated heterocycles. The highest BCUT2D eigenvalue weighted by atomic mass is 19.4. The van der Waals surface area contributed by atoms with Gasteiger partial charge in [0.1, 0.15) is 12.6 Å². The Morgan fingerprint density at radius 2 is 1.46 bits per heavy atom. The molecule has 0 aliphatic heterocycles. The number of nitrogens with two attached hydrogens (primary N) is 2. The maximum absolute atomic E-state index is 12.9. The van der Waals surface area contributed by atoms with E-state index in [2.05, 4.69) is 0 Å². The molecule has 0 heterocycles. The number of aliphatic carboxylic acids is 2. The summed E-state index contributed by atoms with van der Waals surface area (Å²) in [5.74, 6) is -4.58. The van der Waals surface area contributed by atoms with Crippen LogP contribution in [0.25, 0.3) is 0 Å². The molecule has 0 radical (unpaired) electrons. The number of hydrogen-bond acceptors (Lipinski definition) is 5. The fourth-order valence-electron chi connectivity index (χ4n) is 2.67. The third-order valence-corrected chi connectivity index (χ3v) is 4.22. The Kier molecular flexibility index (Phi) is 10.7. The molecule has 5 N–H and O–H groups in total. The maximum atomic E-state index is 12.9. The molecule has 192 valence electrons. The Labute approximate surface area is 194 Å². The van der Waals surface area contributed by atoms with E-state index in [1.54, 1.807) is 35.6 Å². The van der Waals surface area contributed by atoms with Gasteiger partial charge >= 0.3 is 18.3 Å². The number of carboxylic acids is 2. The Morgan fingerprint density at radius 3 is 1.86 bits per heavy atom. The van der Waals surface area contributed by atoms with E-state index in [1.165, 1.54) is 0 Å². The van der Waals surface area contributed by atoms with Crippen molar-refractivity contribution in [3.8, 4) is 0 Å². The van der Waals surface area contributed by atoms with E-state index < -0.39 is 54.0 Å². The third kappa shape index (κ3) is 10.9. The van der Waals surface area contributed by atoms with E-state index in [-0.39, 0.29) is 24.8 Å². The number of amides is 1. The number of carbonyl (C=O) groups excluding carboxylic acids is 2. The first-order valence-electron chi connectivity index (χ1n) is 9.58. The largest absolute Gasteiger partial charge is 0.539 e. The molecule has 0 unspecified atom stereocenters. The van der Waals surface area contributed by atoms with Gasteiger partial charge in [-0.3, -0.25) is 4.79 Å². The summed E-state index contributed by atoms with van der Waals surface area (Å²) in [7, 11) is 0. The molecule has 0 spiro atoms. The van der Waals surface area contributed by atoms with E-state index in [1.807, 2.05) is 0 Å². The van der Waals surface area contributed by atoms with Gasteiger partial charge in [-0.2, -0.15) is 26.3 Å². The second-order valence-electron chi connectivity index (χ2n) is 6.95. The molecule has 1 atom stereocenters. The second kappa shape index (κ2) is 12.7. The zero-order valence-electron chi connectivity index (χ0n) is 17.7. The van der Waals surface area contributed by atoms with E-state index in [0.717, 1.165) is 5.56 Å². The number of carbonyl (C=O) groups is 3. The first kappa shape index (κ1) is 29.4. The first-order chi connectivity index (χ1) is 16.1. The Bertz CT molecular complexity index is 967. The molecule has 2 aromatic rings. The number of hydrogen-bond donors (Lipinski definition) is 3. The van der Waals surface area contributed by atoms with Gasteiger partial charge in [-0.15, -0.1) is 0 Å². The molecule has 0 fully saturated rings. The van der Waals surface area contributed by atoms with Crippen molar-refractivity contribution >= 4 is 17.8 Å². The molecule has 0 bridgehead atoms. The third-order valence-electron chi connectivity index (χ3n) is 4.22. The lowest BCUT2D eigenvalue weighted by Crippen LogP contribution is -2.88. The van der Waals surface area contributed by atoms with Gasteiger partial charge in [0, 0.05) is 5.56 Å². The Morgan fingerprint density at radius 1 is 0.971 bits per heavy atom. The molecule has 1 amide bonds. The highest BCUT2D eigenvalue weighted by Gasteiger charge is 2.36. The molecule has 2 aromatic carbocycles. The molecule has 2 rings (SSSR count). The van der Waals surface area contributed by atoms with Gasteiger partial charge in [0.2, 0.25) is 0 Å². The van der Waals surface area contributed by atoms with Crippen LogP contribution in [0.1, 0.15) is 28.3 Å². The Balaban J connectivity index is 0.000000905. The topological polar surface area (TPSA) is 146 Å². The molecule has 35 heavy (non-hydrogen) atoms. The van der Waals surface area contributed by atoms with Crippen LogP contribution in [0.3, 0.4) is 0 Å². The average molecular weight is 510 g/mol. The van der Waals surface area contributed by atoms with Gasteiger partial charge in [-0.05, 0) is 23.8 Å². The fraction of sp³-hybridized carbons (Fsp3) is 0.286. The lowest BCUT2D eigenvalue weighted by molar-refractivity contribution is -0.688. The summed E-state index contributed by atoms with van der Waals surface area (Å²) in [5, 5.41) is 17.9. The fourth-order valence-corrected chi connectivity index (χ4v) is 2.67. The van der Waals surface area contributed by atoms with Gasteiger partial charge in [0.05, 0.1) is 17.7 Å². The zero-order chi connectivity index (χ0) is 26.8. The number of ether oxygens (including phenoxy) is 1. The minimum Gasteiger partial charge on any atom is -0.539 e. The van der Waals surface area contributed by atoms with Crippen LogP contribution in [0, 0.1) is 0 Å². The summed E-state index contributed by atoms with van der Waals surface area (Å²) < 4.78 is 82.9. The van der Waals surface area contributed by atoms with Crippen LogP contribution in [0.4, 0.5) is 26.3 Å². The average Bonchev–Trinajstić information content (AvgIpc) is 2.75. The van der Waals surface area contributed by atoms with Crippen molar-refractivity contribution in [1.82, 2.24) is 0 Å². The van der Waals surface area contributed by atoms with Crippen LogP contribution < -0.4 is 16.2 Å². The van der Waals surface area contributed by atoms with Gasteiger partial charge in [0.25, 0.3) is 5.91 Å². The van der Waals surface area contributed by atoms with Crippen LogP contribution in [-0.4, -0.2) is 36.1 Å². The number of quaternary nitrogens is 1. The highest BCUT2D eigenvalue weighted by molar-refractivity contribution is 6.26. The predicted octanol–water partition coefficient (Wildman–Crippen LogP) is 0.852. The molecule has 8 nitrogen and oxygen atoms in total. The number of rotatable bonds is 8. The normalized spacial score (nSPS) is 12.3. The van der Waals surface area contributed by atoms with Crippen LogP contribution in [0.5, 0.6) is 0 Å². The van der Waals surface area contributed by atoms with Crippen molar-refractivity contribution < 1.29 is 61.0 Å². The van der Waals surface area contributed by atoms with E-state index in [0.29, 0.717) is 12.1 Å². The molecule has 0 aliphatic carbocycles. The summed E-state index contributed by atoms with van der Waals surface area (Å²) in [4.78, 5) is 29.1. The van der Waals surface area contributed by atoms with Crippen molar-refractivity contribution in [2.75, 3.05) is 13.2 Å². The first-order valence-corrected chi connectivity index (χ1v) is 9.58. The summed E-state index contributed by atoms with van der Waals surface area (Å²) >= 11 is 0. The van der Waals surface area contributed by atoms with Gasteiger partial charge < -0.3 is 30.8 Å². The predicted molar refractivity (Wildman–Crippen MR) is 104 cm³/mol. The van der Waals surface area contributed by atoms with Crippen LogP contribution in [0.2, 0.25) is 0 Å². The monoisotopic (exact) mass is 510 g/mol. The lowest BCUT2D eigenvalue weighted by Gasteiger charge is -2.17. The Hall–Kier alpha value is -3.65. The zero-order valence-corrected chi connectivity index (χ0v) is 17.7. The van der Waals surface area contributed by atoms with Gasteiger partial charge in [-0.25, -0.2) is 4.79 Å². The minimum absolute atomic E-state index is 0.0467. The minimum atomic E-state index is -4.92. The number of benzene rings is 2. The van der Waals surface area contributed by atoms with Crippen molar-refractivity contribution in [2.24, 2.45) is 5.73 Å². The molecule has 14 heteroatoms. The van der Waals surface area contributed by atoms with Gasteiger partial charge in [0.15, 0.2) is 12.5 Å². The lowest BCUT2D eigenvalue weighted by atomic mass is 10.0. The standard InChI is InChI=1S/C19H18F6N2O2.C2H2O4/c20-18(21,22)14-6-12(7-15(8-14)19(23,24)25)10-29-11-16(27-9-17(26)28)13-4-2-1-3-5-13;3-1(4)2(5)6/h1-8,16,27H,9-11H2,(H2,26,28);(H,3,4)(H,5,6)/t16-;/m1./s1. The smallest absolute Gasteiger partial charge is 0.416 e. The summed E-state index contributed by atoms with van der Waals surface area (Å²) in [6.45, 7) is -0.555. The van der Waals surface area contributed by atoms with Crippen molar-refractivity contribution in [3.05, 3.63) is 70.8 Å². The van der Waals surface area contributed by atoms with Gasteiger partial charge in [-0.1, -0.05) is 30.3 Å². The summed E-state index contributed by atoms with van der Waals surface area (Å²) in [5.41, 5.74) is 2.85. The summed E-state index contributed by atoms with van der Waals surface area (Å²) in [6.07, 6.45) is -9.84. The number of halogens is 6. The molecular weight excluding hydrogens is 490 g/mol. The second-order valence-corrected chi connectivity index (χ2v) is 6.95. The van der Waals surface area contributed by atoms with Crippen molar-refractivity contribution in [2.45, 2.75) is 25.0 Å². The molecule has 0 aromatic heterocycles. The quantitative estimate of drug-likeness (QED) is 0.355. The molecule has 0 saturated carbocycles. The maximum Gasteiger partial charge on any atom is 0.416 e. The molecular formula is C21H20F6N2O6. The van der Waals surface area contributed by atoms with E-state index in [9.17, 15) is 31.1 Å². The number of primary amides is 1. The van der Waals surface area contributed by atoms with Crippen molar-refractivity contribution in [1.29, 1.82) is 0 Å². The van der Waals surface area contributed by atoms with Crippen LogP contribution in [-0.2, 0) is 38.1 Å². The van der Waals surface area contributed by atoms with E-state index >= 15 is 0 Å². The van der Waals surface area contributed by atoms with Crippen LogP contribution in [0.15, 0.2) is 48.5 Å². The van der Waals surface area contributed by atoms with Crippen LogP contribution >= 0.6 is 0 Å². The van der Waals surface area contributed by atoms with Crippen molar-refractivity contribution in [3.63, 3.8) is 0 Å². The number of alkyl halides is 6. The highest BCUT2D eigenvalue weighted by Crippen LogP contribution is 2.36.